The Kier molecular flexibility index (Phi) is 2.72. The smallest absolute Gasteiger partial charge is 0.0705 e. The normalized spacial score (nSPS) is 13.0. The molecule has 0 aliphatic heterocycles. The number of hydrogen-bond donors (Lipinski definition) is 0. The first kappa shape index (κ1) is 10.2. The molecule has 0 fully saturated rings. The maximum Gasteiger partial charge on any atom is 0.0705 e. The van der Waals surface area contributed by atoms with Gasteiger partial charge in [0.05, 0.1) is 5.52 Å². The first-order chi connectivity index (χ1) is 7.24. The van der Waals surface area contributed by atoms with Gasteiger partial charge in [0.15, 0.2) is 0 Å². The molecule has 1 heteroatoms. The van der Waals surface area contributed by atoms with Crippen molar-refractivity contribution < 1.29 is 0 Å². The minimum Gasteiger partial charge on any atom is -0.256 e. The number of aromatic nitrogens is 1. The van der Waals surface area contributed by atoms with Gasteiger partial charge in [0, 0.05) is 11.6 Å². The molecule has 2 rings (SSSR count). The van der Waals surface area contributed by atoms with E-state index in [1.807, 2.05) is 12.3 Å². The molecule has 0 amide bonds. The Bertz CT molecular complexity index is 474. The molecule has 0 radical (unpaired) electrons. The Morgan fingerprint density at radius 3 is 2.73 bits per heavy atom. The number of para-hydroxylation sites is 1. The molecule has 78 valence electrons. The van der Waals surface area contributed by atoms with Crippen molar-refractivity contribution in [2.75, 3.05) is 0 Å². The zero-order chi connectivity index (χ0) is 10.8. The van der Waals surface area contributed by atoms with E-state index in [-0.39, 0.29) is 0 Å². The topological polar surface area (TPSA) is 12.9 Å². The van der Waals surface area contributed by atoms with Crippen LogP contribution in [-0.4, -0.2) is 4.98 Å². The number of hydrogen-bond acceptors (Lipinski definition) is 1. The lowest BCUT2D eigenvalue weighted by molar-refractivity contribution is 0.733. The van der Waals surface area contributed by atoms with E-state index in [0.29, 0.717) is 5.92 Å². The van der Waals surface area contributed by atoms with E-state index in [0.717, 1.165) is 5.52 Å². The average molecular weight is 199 g/mol. The second-order valence-corrected chi connectivity index (χ2v) is 4.18. The van der Waals surface area contributed by atoms with Gasteiger partial charge in [0.1, 0.15) is 0 Å². The lowest BCUT2D eigenvalue weighted by Gasteiger charge is -2.15. The van der Waals surface area contributed by atoms with Crippen LogP contribution in [0.3, 0.4) is 0 Å². The highest BCUT2D eigenvalue weighted by atomic mass is 14.7. The second-order valence-electron chi connectivity index (χ2n) is 4.18. The third kappa shape index (κ3) is 1.74. The van der Waals surface area contributed by atoms with Gasteiger partial charge in [-0.2, -0.15) is 0 Å². The monoisotopic (exact) mass is 199 g/mol. The summed E-state index contributed by atoms with van der Waals surface area (Å²) in [5.41, 5.74) is 3.88. The fourth-order valence-electron chi connectivity index (χ4n) is 2.12. The van der Waals surface area contributed by atoms with Crippen molar-refractivity contribution >= 4 is 10.9 Å². The van der Waals surface area contributed by atoms with E-state index >= 15 is 0 Å². The van der Waals surface area contributed by atoms with Crippen molar-refractivity contribution in [3.63, 3.8) is 0 Å². The minimum absolute atomic E-state index is 0.609. The van der Waals surface area contributed by atoms with Gasteiger partial charge in [0.2, 0.25) is 0 Å². The number of aryl methyl sites for hydroxylation is 1. The molecule has 0 bridgehead atoms. The summed E-state index contributed by atoms with van der Waals surface area (Å²) in [4.78, 5) is 4.46. The molecule has 0 saturated carbocycles. The molecule has 15 heavy (non-hydrogen) atoms. The fraction of sp³-hybridized carbons (Fsp3) is 0.357. The molecule has 0 saturated heterocycles. The van der Waals surface area contributed by atoms with Gasteiger partial charge in [-0.15, -0.1) is 0 Å². The molecule has 1 nitrogen and oxygen atoms in total. The molecule has 1 aromatic heterocycles. The highest BCUT2D eigenvalue weighted by molar-refractivity contribution is 5.83. The van der Waals surface area contributed by atoms with Crippen molar-refractivity contribution in [3.05, 3.63) is 41.6 Å². The number of benzene rings is 1. The molecule has 1 atom stereocenters. The van der Waals surface area contributed by atoms with Gasteiger partial charge in [-0.25, -0.2) is 0 Å². The Labute approximate surface area is 91.2 Å². The van der Waals surface area contributed by atoms with Crippen LogP contribution in [0.2, 0.25) is 0 Å². The van der Waals surface area contributed by atoms with Crippen molar-refractivity contribution in [1.29, 1.82) is 0 Å². The molecular formula is C14H17N. The van der Waals surface area contributed by atoms with Crippen LogP contribution in [0.5, 0.6) is 0 Å². The molecule has 1 unspecified atom stereocenters. The first-order valence-electron chi connectivity index (χ1n) is 5.58. The largest absolute Gasteiger partial charge is 0.256 e. The third-order valence-corrected chi connectivity index (χ3v) is 3.12. The molecule has 0 aliphatic carbocycles. The number of pyridine rings is 1. The van der Waals surface area contributed by atoms with Crippen LogP contribution in [0.4, 0.5) is 0 Å². The van der Waals surface area contributed by atoms with Crippen LogP contribution in [0.15, 0.2) is 30.5 Å². The quantitative estimate of drug-likeness (QED) is 0.710. The standard InChI is InChI=1S/C14H17N/c1-4-10(2)14-11(3)9-15-13-8-6-5-7-12(13)14/h5-10H,4H2,1-3H3. The second kappa shape index (κ2) is 4.01. The van der Waals surface area contributed by atoms with E-state index in [9.17, 15) is 0 Å². The Balaban J connectivity index is 2.74. The average Bonchev–Trinajstić information content (AvgIpc) is 2.28. The summed E-state index contributed by atoms with van der Waals surface area (Å²) in [6.45, 7) is 6.68. The van der Waals surface area contributed by atoms with Gasteiger partial charge in [-0.1, -0.05) is 32.0 Å². The molecule has 0 spiro atoms. The first-order valence-corrected chi connectivity index (χ1v) is 5.58. The number of fused-ring (bicyclic) bond motifs is 1. The van der Waals surface area contributed by atoms with Gasteiger partial charge < -0.3 is 0 Å². The molecular weight excluding hydrogens is 182 g/mol. The van der Waals surface area contributed by atoms with Gasteiger partial charge >= 0.3 is 0 Å². The van der Waals surface area contributed by atoms with Crippen LogP contribution in [0.1, 0.15) is 37.3 Å². The third-order valence-electron chi connectivity index (χ3n) is 3.12. The minimum atomic E-state index is 0.609. The Morgan fingerprint density at radius 2 is 2.00 bits per heavy atom. The zero-order valence-corrected chi connectivity index (χ0v) is 9.62. The van der Waals surface area contributed by atoms with E-state index in [1.165, 1.54) is 22.9 Å². The maximum absolute atomic E-state index is 4.46. The van der Waals surface area contributed by atoms with Gasteiger partial charge in [-0.3, -0.25) is 4.98 Å². The summed E-state index contributed by atoms with van der Waals surface area (Å²) in [6, 6.07) is 8.40. The van der Waals surface area contributed by atoms with Crippen molar-refractivity contribution in [2.45, 2.75) is 33.1 Å². The predicted octanol–water partition coefficient (Wildman–Crippen LogP) is 4.06. The van der Waals surface area contributed by atoms with Crippen LogP contribution in [0, 0.1) is 6.92 Å². The SMILES string of the molecule is CCC(C)c1c(C)cnc2ccccc12. The summed E-state index contributed by atoms with van der Waals surface area (Å²) in [5.74, 6) is 0.609. The number of nitrogens with zero attached hydrogens (tertiary/aromatic N) is 1. The summed E-state index contributed by atoms with van der Waals surface area (Å²) in [5, 5.41) is 1.31. The fourth-order valence-corrected chi connectivity index (χ4v) is 2.12. The summed E-state index contributed by atoms with van der Waals surface area (Å²) >= 11 is 0. The van der Waals surface area contributed by atoms with E-state index < -0.39 is 0 Å². The lowest BCUT2D eigenvalue weighted by atomic mass is 9.92. The van der Waals surface area contributed by atoms with E-state index in [2.05, 4.69) is 44.0 Å². The molecule has 1 aromatic carbocycles. The molecule has 0 N–H and O–H groups in total. The van der Waals surface area contributed by atoms with Crippen LogP contribution >= 0.6 is 0 Å². The van der Waals surface area contributed by atoms with Crippen molar-refractivity contribution in [1.82, 2.24) is 4.98 Å². The van der Waals surface area contributed by atoms with Crippen LogP contribution < -0.4 is 0 Å². The highest BCUT2D eigenvalue weighted by Crippen LogP contribution is 2.28. The van der Waals surface area contributed by atoms with Gasteiger partial charge in [-0.05, 0) is 36.5 Å². The summed E-state index contributed by atoms with van der Waals surface area (Å²) in [6.07, 6.45) is 3.17. The Hall–Kier alpha value is -1.37. The highest BCUT2D eigenvalue weighted by Gasteiger charge is 2.10. The maximum atomic E-state index is 4.46. The molecule has 1 heterocycles. The van der Waals surface area contributed by atoms with Crippen LogP contribution in [0.25, 0.3) is 10.9 Å². The van der Waals surface area contributed by atoms with E-state index in [1.54, 1.807) is 0 Å². The van der Waals surface area contributed by atoms with Crippen molar-refractivity contribution in [2.24, 2.45) is 0 Å². The van der Waals surface area contributed by atoms with Gasteiger partial charge in [0.25, 0.3) is 0 Å². The Morgan fingerprint density at radius 1 is 1.27 bits per heavy atom. The number of rotatable bonds is 2. The predicted molar refractivity (Wildman–Crippen MR) is 65.2 cm³/mol. The summed E-state index contributed by atoms with van der Waals surface area (Å²) < 4.78 is 0. The molecule has 0 aliphatic rings. The molecule has 2 aromatic rings. The zero-order valence-electron chi connectivity index (χ0n) is 9.62. The van der Waals surface area contributed by atoms with E-state index in [4.69, 9.17) is 0 Å². The summed E-state index contributed by atoms with van der Waals surface area (Å²) in [7, 11) is 0. The lowest BCUT2D eigenvalue weighted by Crippen LogP contribution is -1.98. The van der Waals surface area contributed by atoms with Crippen molar-refractivity contribution in [3.8, 4) is 0 Å². The van der Waals surface area contributed by atoms with Crippen LogP contribution in [-0.2, 0) is 0 Å².